The maximum absolute atomic E-state index is 12.1. The molecule has 0 saturated carbocycles. The highest BCUT2D eigenvalue weighted by atomic mass is 35.5. The van der Waals surface area contributed by atoms with Crippen LogP contribution in [0.1, 0.15) is 5.56 Å². The molecule has 1 heterocycles. The van der Waals surface area contributed by atoms with E-state index in [1.807, 2.05) is 4.83 Å². The van der Waals surface area contributed by atoms with Crippen LogP contribution in [0.15, 0.2) is 67.7 Å². The van der Waals surface area contributed by atoms with Crippen LogP contribution in [0.3, 0.4) is 0 Å². The summed E-state index contributed by atoms with van der Waals surface area (Å²) in [7, 11) is -3.90. The van der Waals surface area contributed by atoms with Gasteiger partial charge in [-0.3, -0.25) is 0 Å². The van der Waals surface area contributed by atoms with Crippen LogP contribution in [-0.2, 0) is 10.0 Å². The van der Waals surface area contributed by atoms with Crippen molar-refractivity contribution in [3.8, 4) is 5.75 Å². The van der Waals surface area contributed by atoms with Gasteiger partial charge in [0.1, 0.15) is 5.75 Å². The fraction of sp³-hybridized carbons (Fsp3) is 0. The first-order valence-electron chi connectivity index (χ1n) is 6.93. The zero-order chi connectivity index (χ0) is 18.0. The van der Waals surface area contributed by atoms with Crippen molar-refractivity contribution in [1.29, 1.82) is 0 Å². The molecule has 0 saturated heterocycles. The SMILES string of the molecule is O=c1ccc2ccc(O)c(/C=N/NS(=O)(=O)c3ccc(Cl)cc3)c2o1. The predicted octanol–water partition coefficient (Wildman–Crippen LogP) is 2.46. The van der Waals surface area contributed by atoms with Crippen molar-refractivity contribution in [3.63, 3.8) is 0 Å². The van der Waals surface area contributed by atoms with Crippen LogP contribution in [0.2, 0.25) is 5.02 Å². The number of phenols is 1. The molecule has 0 aliphatic rings. The Morgan fingerprint density at radius 1 is 1.08 bits per heavy atom. The number of nitrogens with zero attached hydrogens (tertiary/aromatic N) is 1. The van der Waals surface area contributed by atoms with Gasteiger partial charge in [0.05, 0.1) is 16.7 Å². The standard InChI is InChI=1S/C16H11ClN2O5S/c17-11-3-5-12(6-4-11)25(22,23)19-18-9-13-14(20)7-1-10-2-8-15(21)24-16(10)13/h1-9,19-20H/b18-9+. The topological polar surface area (TPSA) is 109 Å². The Morgan fingerprint density at radius 3 is 2.48 bits per heavy atom. The Bertz CT molecular complexity index is 1120. The molecule has 9 heteroatoms. The van der Waals surface area contributed by atoms with E-state index in [0.717, 1.165) is 6.21 Å². The number of fused-ring (bicyclic) bond motifs is 1. The maximum atomic E-state index is 12.1. The second-order valence-corrected chi connectivity index (χ2v) is 7.08. The molecule has 7 nitrogen and oxygen atoms in total. The van der Waals surface area contributed by atoms with Crippen LogP contribution >= 0.6 is 11.6 Å². The number of hydrazone groups is 1. The molecule has 3 rings (SSSR count). The van der Waals surface area contributed by atoms with Gasteiger partial charge in [-0.25, -0.2) is 9.63 Å². The van der Waals surface area contributed by atoms with E-state index in [1.54, 1.807) is 6.07 Å². The minimum Gasteiger partial charge on any atom is -0.507 e. The lowest BCUT2D eigenvalue weighted by Crippen LogP contribution is -2.18. The fourth-order valence-corrected chi connectivity index (χ4v) is 3.01. The predicted molar refractivity (Wildman–Crippen MR) is 93.5 cm³/mol. The van der Waals surface area contributed by atoms with Crippen molar-refractivity contribution >= 4 is 38.8 Å². The quantitative estimate of drug-likeness (QED) is 0.412. The van der Waals surface area contributed by atoms with Gasteiger partial charge in [-0.2, -0.15) is 13.5 Å². The summed E-state index contributed by atoms with van der Waals surface area (Å²) < 4.78 is 29.3. The highest BCUT2D eigenvalue weighted by molar-refractivity contribution is 7.89. The monoisotopic (exact) mass is 378 g/mol. The molecule has 0 amide bonds. The van der Waals surface area contributed by atoms with Gasteiger partial charge < -0.3 is 9.52 Å². The van der Waals surface area contributed by atoms with Gasteiger partial charge in [0.2, 0.25) is 0 Å². The van der Waals surface area contributed by atoms with E-state index in [9.17, 15) is 18.3 Å². The Hall–Kier alpha value is -2.84. The smallest absolute Gasteiger partial charge is 0.336 e. The number of nitrogens with one attached hydrogen (secondary N) is 1. The van der Waals surface area contributed by atoms with Gasteiger partial charge in [0.25, 0.3) is 10.0 Å². The lowest BCUT2D eigenvalue weighted by molar-refractivity contribution is 0.472. The average Bonchev–Trinajstić information content (AvgIpc) is 2.57. The molecule has 25 heavy (non-hydrogen) atoms. The van der Waals surface area contributed by atoms with Gasteiger partial charge in [-0.05, 0) is 42.5 Å². The summed E-state index contributed by atoms with van der Waals surface area (Å²) in [4.78, 5) is 13.4. The van der Waals surface area contributed by atoms with E-state index in [-0.39, 0.29) is 21.8 Å². The van der Waals surface area contributed by atoms with Crippen LogP contribution in [0.5, 0.6) is 5.75 Å². The van der Waals surface area contributed by atoms with Crippen molar-refractivity contribution in [1.82, 2.24) is 4.83 Å². The van der Waals surface area contributed by atoms with Gasteiger partial charge >= 0.3 is 5.63 Å². The van der Waals surface area contributed by atoms with Gasteiger partial charge in [0.15, 0.2) is 5.58 Å². The zero-order valence-corrected chi connectivity index (χ0v) is 14.1. The Kier molecular flexibility index (Phi) is 4.47. The van der Waals surface area contributed by atoms with Crippen molar-refractivity contribution < 1.29 is 17.9 Å². The third-order valence-corrected chi connectivity index (χ3v) is 4.79. The van der Waals surface area contributed by atoms with Crippen molar-refractivity contribution in [2.75, 3.05) is 0 Å². The first-order chi connectivity index (χ1) is 11.9. The first-order valence-corrected chi connectivity index (χ1v) is 8.79. The molecule has 0 aliphatic carbocycles. The van der Waals surface area contributed by atoms with Crippen LogP contribution in [0.4, 0.5) is 0 Å². The number of rotatable bonds is 4. The Balaban J connectivity index is 1.93. The Labute approximate surface area is 147 Å². The van der Waals surface area contributed by atoms with E-state index in [4.69, 9.17) is 16.0 Å². The number of hydrogen-bond donors (Lipinski definition) is 2. The number of aromatic hydroxyl groups is 1. The molecular formula is C16H11ClN2O5S. The highest BCUT2D eigenvalue weighted by Crippen LogP contribution is 2.24. The molecule has 2 aromatic carbocycles. The summed E-state index contributed by atoms with van der Waals surface area (Å²) in [6.07, 6.45) is 1.06. The molecule has 2 N–H and O–H groups in total. The van der Waals surface area contributed by atoms with E-state index < -0.39 is 15.6 Å². The summed E-state index contributed by atoms with van der Waals surface area (Å²) in [5.41, 5.74) is -0.426. The van der Waals surface area contributed by atoms with Gasteiger partial charge in [-0.1, -0.05) is 11.6 Å². The molecule has 0 fully saturated rings. The third-order valence-electron chi connectivity index (χ3n) is 3.30. The van der Waals surface area contributed by atoms with Crippen LogP contribution in [-0.4, -0.2) is 19.7 Å². The molecule has 1 aromatic heterocycles. The van der Waals surface area contributed by atoms with Crippen LogP contribution < -0.4 is 10.5 Å². The lowest BCUT2D eigenvalue weighted by Gasteiger charge is -2.05. The molecule has 0 aliphatic heterocycles. The first kappa shape index (κ1) is 17.0. The second-order valence-electron chi connectivity index (χ2n) is 4.98. The minimum atomic E-state index is -3.90. The van der Waals surface area contributed by atoms with Crippen molar-refractivity contribution in [2.24, 2.45) is 5.10 Å². The summed E-state index contributed by atoms with van der Waals surface area (Å²) in [6, 6.07) is 11.2. The van der Waals surface area contributed by atoms with E-state index in [0.29, 0.717) is 10.4 Å². The maximum Gasteiger partial charge on any atom is 0.336 e. The largest absolute Gasteiger partial charge is 0.507 e. The molecule has 0 spiro atoms. The number of halogens is 1. The summed E-state index contributed by atoms with van der Waals surface area (Å²) in [5.74, 6) is -0.212. The van der Waals surface area contributed by atoms with Crippen molar-refractivity contribution in [2.45, 2.75) is 4.90 Å². The zero-order valence-electron chi connectivity index (χ0n) is 12.5. The summed E-state index contributed by atoms with van der Waals surface area (Å²) in [6.45, 7) is 0. The molecule has 0 bridgehead atoms. The fourth-order valence-electron chi connectivity index (χ4n) is 2.10. The minimum absolute atomic E-state index is 0.0253. The van der Waals surface area contributed by atoms with Gasteiger partial charge in [0, 0.05) is 16.5 Å². The van der Waals surface area contributed by atoms with Crippen molar-refractivity contribution in [3.05, 3.63) is 69.5 Å². The summed E-state index contributed by atoms with van der Waals surface area (Å²) >= 11 is 5.72. The van der Waals surface area contributed by atoms with E-state index in [2.05, 4.69) is 5.10 Å². The molecule has 3 aromatic rings. The second kappa shape index (κ2) is 6.58. The van der Waals surface area contributed by atoms with E-state index in [1.165, 1.54) is 42.5 Å². The van der Waals surface area contributed by atoms with Crippen LogP contribution in [0, 0.1) is 0 Å². The number of phenolic OH excluding ortho intramolecular Hbond substituents is 1. The Morgan fingerprint density at radius 2 is 1.76 bits per heavy atom. The average molecular weight is 379 g/mol. The lowest BCUT2D eigenvalue weighted by atomic mass is 10.1. The van der Waals surface area contributed by atoms with E-state index >= 15 is 0 Å². The van der Waals surface area contributed by atoms with Gasteiger partial charge in [-0.15, -0.1) is 0 Å². The number of sulfonamides is 1. The normalized spacial score (nSPS) is 11.9. The third kappa shape index (κ3) is 3.65. The molecular weight excluding hydrogens is 368 g/mol. The number of hydrogen-bond acceptors (Lipinski definition) is 6. The summed E-state index contributed by atoms with van der Waals surface area (Å²) in [5, 5.41) is 14.5. The molecule has 128 valence electrons. The molecule has 0 radical (unpaired) electrons. The highest BCUT2D eigenvalue weighted by Gasteiger charge is 2.13. The number of benzene rings is 2. The molecule has 0 atom stereocenters. The van der Waals surface area contributed by atoms with Crippen LogP contribution in [0.25, 0.3) is 11.0 Å². The molecule has 0 unspecified atom stereocenters.